The summed E-state index contributed by atoms with van der Waals surface area (Å²) in [6.45, 7) is 15.9. The average Bonchev–Trinajstić information content (AvgIpc) is 2.22. The second kappa shape index (κ2) is 5.43. The van der Waals surface area contributed by atoms with Crippen molar-refractivity contribution < 1.29 is 4.79 Å². The summed E-state index contributed by atoms with van der Waals surface area (Å²) < 4.78 is 0. The molecule has 1 fully saturated rings. The maximum Gasteiger partial charge on any atom is 0.243 e. The molecule has 112 valence electrons. The Kier molecular flexibility index (Phi) is 4.71. The van der Waals surface area contributed by atoms with Crippen molar-refractivity contribution in [1.82, 2.24) is 10.2 Å². The molecule has 0 bridgehead atoms. The summed E-state index contributed by atoms with van der Waals surface area (Å²) in [5.41, 5.74) is -0.493. The summed E-state index contributed by atoms with van der Waals surface area (Å²) in [5.74, 6) is 0.294. The first-order valence-corrected chi connectivity index (χ1v) is 7.69. The molecule has 0 radical (unpaired) electrons. The molecular formula is C16H32N2O. The smallest absolute Gasteiger partial charge is 0.243 e. The molecule has 3 nitrogen and oxygen atoms in total. The van der Waals surface area contributed by atoms with Gasteiger partial charge in [-0.3, -0.25) is 10.1 Å². The molecule has 0 aromatic rings. The number of hydrogen-bond donors (Lipinski definition) is 1. The highest BCUT2D eigenvalue weighted by Crippen LogP contribution is 2.33. The highest BCUT2D eigenvalue weighted by molar-refractivity contribution is 5.88. The standard InChI is InChI=1S/C16H32N2O/c1-8-10-16(11-9-2)13(19)18(14(3,4)5)12-15(6,7)17-16/h17H,8-12H2,1-7H3. The number of amides is 1. The summed E-state index contributed by atoms with van der Waals surface area (Å²) in [7, 11) is 0. The van der Waals surface area contributed by atoms with Crippen LogP contribution in [0, 0.1) is 0 Å². The molecule has 0 atom stereocenters. The lowest BCUT2D eigenvalue weighted by Gasteiger charge is -2.54. The Bertz CT molecular complexity index is 322. The van der Waals surface area contributed by atoms with E-state index in [4.69, 9.17) is 0 Å². The van der Waals surface area contributed by atoms with E-state index in [0.29, 0.717) is 5.91 Å². The predicted molar refractivity (Wildman–Crippen MR) is 81.2 cm³/mol. The van der Waals surface area contributed by atoms with Gasteiger partial charge in [-0.05, 0) is 47.5 Å². The second-order valence-electron chi connectivity index (χ2n) is 7.65. The van der Waals surface area contributed by atoms with Crippen LogP contribution in [0.3, 0.4) is 0 Å². The SMILES string of the molecule is CCCC1(CCC)NC(C)(C)CN(C(C)(C)C)C1=O. The topological polar surface area (TPSA) is 32.3 Å². The molecule has 0 saturated carbocycles. The van der Waals surface area contributed by atoms with Crippen molar-refractivity contribution in [2.45, 2.75) is 90.8 Å². The van der Waals surface area contributed by atoms with E-state index in [1.165, 1.54) is 0 Å². The van der Waals surface area contributed by atoms with Crippen LogP contribution in [0.25, 0.3) is 0 Å². The lowest BCUT2D eigenvalue weighted by atomic mass is 9.79. The Labute approximate surface area is 119 Å². The van der Waals surface area contributed by atoms with Gasteiger partial charge >= 0.3 is 0 Å². The van der Waals surface area contributed by atoms with Crippen LogP contribution in [0.1, 0.15) is 74.1 Å². The molecule has 0 aliphatic carbocycles. The van der Waals surface area contributed by atoms with Crippen molar-refractivity contribution in [3.63, 3.8) is 0 Å². The van der Waals surface area contributed by atoms with Gasteiger partial charge in [0.2, 0.25) is 5.91 Å². The lowest BCUT2D eigenvalue weighted by molar-refractivity contribution is -0.152. The third kappa shape index (κ3) is 3.50. The zero-order valence-corrected chi connectivity index (χ0v) is 13.9. The maximum absolute atomic E-state index is 13.0. The van der Waals surface area contributed by atoms with Gasteiger partial charge in [-0.1, -0.05) is 26.7 Å². The number of hydrogen-bond acceptors (Lipinski definition) is 2. The summed E-state index contributed by atoms with van der Waals surface area (Å²) >= 11 is 0. The van der Waals surface area contributed by atoms with Crippen molar-refractivity contribution in [1.29, 1.82) is 0 Å². The fourth-order valence-corrected chi connectivity index (χ4v) is 3.33. The maximum atomic E-state index is 13.0. The van der Waals surface area contributed by atoms with Crippen LogP contribution >= 0.6 is 0 Å². The van der Waals surface area contributed by atoms with Gasteiger partial charge in [0.05, 0.1) is 5.54 Å². The largest absolute Gasteiger partial charge is 0.334 e. The van der Waals surface area contributed by atoms with Crippen LogP contribution in [-0.2, 0) is 4.79 Å². The van der Waals surface area contributed by atoms with Crippen molar-refractivity contribution in [3.8, 4) is 0 Å². The fourth-order valence-electron chi connectivity index (χ4n) is 3.33. The molecule has 0 aromatic carbocycles. The Hall–Kier alpha value is -0.570. The molecule has 1 rings (SSSR count). The molecule has 1 aliphatic rings. The van der Waals surface area contributed by atoms with Gasteiger partial charge in [0.15, 0.2) is 0 Å². The predicted octanol–water partition coefficient (Wildman–Crippen LogP) is 3.33. The normalized spacial score (nSPS) is 22.7. The molecule has 0 unspecified atom stereocenters. The Morgan fingerprint density at radius 2 is 1.63 bits per heavy atom. The Morgan fingerprint density at radius 3 is 2.00 bits per heavy atom. The van der Waals surface area contributed by atoms with Crippen molar-refractivity contribution in [3.05, 3.63) is 0 Å². The number of rotatable bonds is 4. The molecule has 1 saturated heterocycles. The van der Waals surface area contributed by atoms with E-state index in [9.17, 15) is 4.79 Å². The summed E-state index contributed by atoms with van der Waals surface area (Å²) in [6, 6.07) is 0. The molecule has 1 aliphatic heterocycles. The summed E-state index contributed by atoms with van der Waals surface area (Å²) in [6.07, 6.45) is 3.92. The van der Waals surface area contributed by atoms with E-state index in [2.05, 4.69) is 58.7 Å². The van der Waals surface area contributed by atoms with Crippen LogP contribution in [0.5, 0.6) is 0 Å². The van der Waals surface area contributed by atoms with E-state index in [1.54, 1.807) is 0 Å². The van der Waals surface area contributed by atoms with Crippen molar-refractivity contribution in [2.24, 2.45) is 0 Å². The number of carbonyl (C=O) groups is 1. The van der Waals surface area contributed by atoms with Gasteiger partial charge in [0.1, 0.15) is 0 Å². The number of piperazine rings is 1. The second-order valence-corrected chi connectivity index (χ2v) is 7.65. The van der Waals surface area contributed by atoms with E-state index < -0.39 is 0 Å². The molecule has 19 heavy (non-hydrogen) atoms. The van der Waals surface area contributed by atoms with E-state index in [-0.39, 0.29) is 16.6 Å². The van der Waals surface area contributed by atoms with Gasteiger partial charge in [-0.2, -0.15) is 0 Å². The monoisotopic (exact) mass is 268 g/mol. The van der Waals surface area contributed by atoms with E-state index in [0.717, 1.165) is 32.2 Å². The van der Waals surface area contributed by atoms with Gasteiger partial charge in [-0.25, -0.2) is 0 Å². The van der Waals surface area contributed by atoms with Crippen LogP contribution in [-0.4, -0.2) is 34.0 Å². The fraction of sp³-hybridized carbons (Fsp3) is 0.938. The first-order chi connectivity index (χ1) is 8.58. The highest BCUT2D eigenvalue weighted by Gasteiger charge is 2.50. The summed E-state index contributed by atoms with van der Waals surface area (Å²) in [4.78, 5) is 15.1. The minimum Gasteiger partial charge on any atom is -0.334 e. The first kappa shape index (κ1) is 16.5. The van der Waals surface area contributed by atoms with Gasteiger partial charge in [-0.15, -0.1) is 0 Å². The van der Waals surface area contributed by atoms with E-state index in [1.807, 2.05) is 0 Å². The molecular weight excluding hydrogens is 236 g/mol. The third-order valence-electron chi connectivity index (χ3n) is 3.95. The highest BCUT2D eigenvalue weighted by atomic mass is 16.2. The number of carbonyl (C=O) groups excluding carboxylic acids is 1. The zero-order valence-electron chi connectivity index (χ0n) is 13.9. The molecule has 3 heteroatoms. The van der Waals surface area contributed by atoms with Crippen molar-refractivity contribution in [2.75, 3.05) is 6.54 Å². The lowest BCUT2D eigenvalue weighted by Crippen LogP contribution is -2.74. The quantitative estimate of drug-likeness (QED) is 0.848. The third-order valence-corrected chi connectivity index (χ3v) is 3.95. The molecule has 0 spiro atoms. The molecule has 1 N–H and O–H groups in total. The zero-order chi connectivity index (χ0) is 14.9. The van der Waals surface area contributed by atoms with E-state index >= 15 is 0 Å². The Morgan fingerprint density at radius 1 is 1.16 bits per heavy atom. The van der Waals surface area contributed by atoms with Crippen LogP contribution in [0.2, 0.25) is 0 Å². The van der Waals surface area contributed by atoms with Gasteiger partial charge in [0, 0.05) is 17.6 Å². The molecule has 1 amide bonds. The Balaban J connectivity index is 3.17. The van der Waals surface area contributed by atoms with Crippen molar-refractivity contribution >= 4 is 5.91 Å². The number of nitrogens with zero attached hydrogens (tertiary/aromatic N) is 1. The van der Waals surface area contributed by atoms with Gasteiger partial charge in [0.25, 0.3) is 0 Å². The van der Waals surface area contributed by atoms with Gasteiger partial charge < -0.3 is 4.90 Å². The van der Waals surface area contributed by atoms with Crippen LogP contribution in [0.4, 0.5) is 0 Å². The number of nitrogens with one attached hydrogen (secondary N) is 1. The first-order valence-electron chi connectivity index (χ1n) is 7.69. The van der Waals surface area contributed by atoms with Crippen LogP contribution < -0.4 is 5.32 Å². The molecule has 0 aromatic heterocycles. The summed E-state index contributed by atoms with van der Waals surface area (Å²) in [5, 5.41) is 3.67. The minimum absolute atomic E-state index is 0.0223. The molecule has 1 heterocycles. The average molecular weight is 268 g/mol. The van der Waals surface area contributed by atoms with Crippen LogP contribution in [0.15, 0.2) is 0 Å². The minimum atomic E-state index is -0.363.